The predicted molar refractivity (Wildman–Crippen MR) is 141 cm³/mol. The number of thioether (sulfide) groups is 1. The molecular formula is C25H23ClF2N4S2. The summed E-state index contributed by atoms with van der Waals surface area (Å²) >= 11 is 9.12. The van der Waals surface area contributed by atoms with Crippen LogP contribution in [-0.4, -0.2) is 30.1 Å². The number of hydrazone groups is 1. The van der Waals surface area contributed by atoms with Crippen LogP contribution in [0.2, 0.25) is 5.02 Å². The molecule has 0 amide bonds. The molecule has 176 valence electrons. The normalized spacial score (nSPS) is 16.0. The maximum absolute atomic E-state index is 14.8. The fourth-order valence-corrected chi connectivity index (χ4v) is 4.59. The van der Waals surface area contributed by atoms with Crippen LogP contribution < -0.4 is 9.73 Å². The minimum absolute atomic E-state index is 0.221. The van der Waals surface area contributed by atoms with E-state index in [9.17, 15) is 8.78 Å². The molecule has 1 aliphatic heterocycles. The van der Waals surface area contributed by atoms with E-state index in [1.54, 1.807) is 16.8 Å². The van der Waals surface area contributed by atoms with Gasteiger partial charge in [-0.2, -0.15) is 16.9 Å². The van der Waals surface area contributed by atoms with Crippen LogP contribution in [0.15, 0.2) is 87.8 Å². The van der Waals surface area contributed by atoms with Crippen molar-refractivity contribution >= 4 is 52.5 Å². The molecule has 0 saturated heterocycles. The van der Waals surface area contributed by atoms with Gasteiger partial charge in [-0.1, -0.05) is 41.9 Å². The van der Waals surface area contributed by atoms with Gasteiger partial charge in [-0.15, -0.1) is 0 Å². The summed E-state index contributed by atoms with van der Waals surface area (Å²) in [4.78, 5) is 5.72. The molecule has 1 atom stereocenters. The molecule has 0 bridgehead atoms. The lowest BCUT2D eigenvalue weighted by Crippen LogP contribution is -2.26. The third-order valence-corrected chi connectivity index (χ3v) is 6.82. The highest BCUT2D eigenvalue weighted by Gasteiger charge is 2.33. The van der Waals surface area contributed by atoms with Crippen molar-refractivity contribution in [2.45, 2.75) is 17.4 Å². The maximum atomic E-state index is 14.8. The molecule has 0 aliphatic carbocycles. The lowest BCUT2D eigenvalue weighted by Gasteiger charge is -2.24. The largest absolute Gasteiger partial charge is 0.309 e. The van der Waals surface area contributed by atoms with Crippen molar-refractivity contribution in [3.8, 4) is 0 Å². The molecule has 1 N–H and O–H groups in total. The van der Waals surface area contributed by atoms with Crippen LogP contribution in [-0.2, 0) is 0 Å². The number of hydrogen-bond donors (Lipinski definition) is 1. The summed E-state index contributed by atoms with van der Waals surface area (Å²) in [7, 11) is 0. The van der Waals surface area contributed by atoms with Crippen LogP contribution in [0.3, 0.4) is 0 Å². The van der Waals surface area contributed by atoms with Crippen molar-refractivity contribution in [1.29, 1.82) is 0 Å². The Morgan fingerprint density at radius 2 is 1.88 bits per heavy atom. The first-order valence-corrected chi connectivity index (χ1v) is 13.2. The number of nitrogens with one attached hydrogen (secondary N) is 1. The molecule has 3 aromatic carbocycles. The average molecular weight is 517 g/mol. The Morgan fingerprint density at radius 1 is 1.12 bits per heavy atom. The number of aliphatic imine (C=N–C) groups is 1. The zero-order valence-corrected chi connectivity index (χ0v) is 20.8. The predicted octanol–water partition coefficient (Wildman–Crippen LogP) is 6.98. The summed E-state index contributed by atoms with van der Waals surface area (Å²) in [5, 5.41) is 7.06. The van der Waals surface area contributed by atoms with Gasteiger partial charge in [0.05, 0.1) is 18.3 Å². The van der Waals surface area contributed by atoms with Gasteiger partial charge in [0, 0.05) is 28.2 Å². The van der Waals surface area contributed by atoms with Gasteiger partial charge in [-0.25, -0.2) is 8.78 Å². The average Bonchev–Trinajstić information content (AvgIpc) is 3.28. The second kappa shape index (κ2) is 11.7. The Balaban J connectivity index is 1.66. The molecule has 0 aromatic heterocycles. The fraction of sp³-hybridized carbons (Fsp3) is 0.200. The van der Waals surface area contributed by atoms with E-state index in [0.29, 0.717) is 29.5 Å². The van der Waals surface area contributed by atoms with E-state index >= 15 is 0 Å². The van der Waals surface area contributed by atoms with E-state index in [0.717, 1.165) is 22.3 Å². The highest BCUT2D eigenvalue weighted by molar-refractivity contribution is 7.98. The Labute approximate surface area is 211 Å². The van der Waals surface area contributed by atoms with Crippen molar-refractivity contribution in [2.24, 2.45) is 10.1 Å². The summed E-state index contributed by atoms with van der Waals surface area (Å²) in [6.45, 7) is 0.616. The molecule has 0 saturated carbocycles. The van der Waals surface area contributed by atoms with Crippen molar-refractivity contribution in [1.82, 2.24) is 4.72 Å². The minimum atomic E-state index is -0.657. The standard InChI is InChI=1S/C25H23ClF2N4S2/c1-33-14-13-29-25(31-34-20-10-7-18(26)8-11-20)22-16-24(17-5-3-2-4-6-17)32(30-22)23-12-9-19(27)15-21(23)28/h2-12,15,24H,13-14,16H2,1H3,(H,29,31). The number of hydrogen-bond acceptors (Lipinski definition) is 5. The van der Waals surface area contributed by atoms with Crippen LogP contribution in [0.25, 0.3) is 0 Å². The molecule has 1 unspecified atom stereocenters. The van der Waals surface area contributed by atoms with E-state index in [-0.39, 0.29) is 11.7 Å². The molecule has 4 rings (SSSR count). The van der Waals surface area contributed by atoms with Crippen LogP contribution >= 0.6 is 35.3 Å². The van der Waals surface area contributed by atoms with Crippen molar-refractivity contribution in [3.05, 3.63) is 95.0 Å². The van der Waals surface area contributed by atoms with Gasteiger partial charge in [-0.3, -0.25) is 10.0 Å². The van der Waals surface area contributed by atoms with Gasteiger partial charge >= 0.3 is 0 Å². The molecule has 0 spiro atoms. The highest BCUT2D eigenvalue weighted by Crippen LogP contribution is 2.37. The van der Waals surface area contributed by atoms with Gasteiger partial charge in [0.1, 0.15) is 11.5 Å². The van der Waals surface area contributed by atoms with E-state index in [1.807, 2.05) is 60.9 Å². The third-order valence-electron chi connectivity index (χ3n) is 5.17. The molecule has 0 fully saturated rings. The topological polar surface area (TPSA) is 40.0 Å². The van der Waals surface area contributed by atoms with E-state index in [1.165, 1.54) is 24.1 Å². The van der Waals surface area contributed by atoms with E-state index in [4.69, 9.17) is 21.7 Å². The SMILES string of the molecule is CSCCN=C(NSc1ccc(Cl)cc1)C1=NN(c2ccc(F)cc2F)C(c2ccccc2)C1. The second-order valence-electron chi connectivity index (χ2n) is 7.50. The molecule has 1 heterocycles. The summed E-state index contributed by atoms with van der Waals surface area (Å²) < 4.78 is 31.7. The Kier molecular flexibility index (Phi) is 8.48. The minimum Gasteiger partial charge on any atom is -0.309 e. The molecule has 1 aliphatic rings. The lowest BCUT2D eigenvalue weighted by molar-refractivity contribution is 0.573. The van der Waals surface area contributed by atoms with Gasteiger partial charge in [0.2, 0.25) is 0 Å². The molecule has 34 heavy (non-hydrogen) atoms. The number of benzene rings is 3. The maximum Gasteiger partial charge on any atom is 0.155 e. The van der Waals surface area contributed by atoms with Crippen LogP contribution in [0.5, 0.6) is 0 Å². The Morgan fingerprint density at radius 3 is 2.59 bits per heavy atom. The first-order valence-electron chi connectivity index (χ1n) is 10.6. The van der Waals surface area contributed by atoms with Crippen LogP contribution in [0.4, 0.5) is 14.5 Å². The fourth-order valence-electron chi connectivity index (χ4n) is 3.52. The van der Waals surface area contributed by atoms with Crippen LogP contribution in [0.1, 0.15) is 18.0 Å². The van der Waals surface area contributed by atoms with Crippen molar-refractivity contribution < 1.29 is 8.78 Å². The van der Waals surface area contributed by atoms with Gasteiger partial charge in [0.15, 0.2) is 11.7 Å². The number of nitrogens with zero attached hydrogens (tertiary/aromatic N) is 3. The number of rotatable bonds is 8. The first-order chi connectivity index (χ1) is 16.5. The second-order valence-corrected chi connectivity index (χ2v) is 9.80. The Bertz CT molecular complexity index is 1170. The van der Waals surface area contributed by atoms with Gasteiger partial charge < -0.3 is 4.72 Å². The summed E-state index contributed by atoms with van der Waals surface area (Å²) in [5.74, 6) is 0.221. The molecule has 4 nitrogen and oxygen atoms in total. The summed E-state index contributed by atoms with van der Waals surface area (Å²) in [6, 6.07) is 20.6. The zero-order valence-electron chi connectivity index (χ0n) is 18.4. The van der Waals surface area contributed by atoms with Crippen molar-refractivity contribution in [3.63, 3.8) is 0 Å². The van der Waals surface area contributed by atoms with E-state index < -0.39 is 11.6 Å². The number of amidine groups is 1. The molecule has 0 radical (unpaired) electrons. The summed E-state index contributed by atoms with van der Waals surface area (Å²) in [5.41, 5.74) is 1.91. The highest BCUT2D eigenvalue weighted by atomic mass is 35.5. The number of halogens is 3. The quantitative estimate of drug-likeness (QED) is 0.152. The van der Waals surface area contributed by atoms with Gasteiger partial charge in [-0.05, 0) is 60.2 Å². The third kappa shape index (κ3) is 6.11. The van der Waals surface area contributed by atoms with Crippen LogP contribution in [0, 0.1) is 11.6 Å². The first kappa shape index (κ1) is 24.6. The Hall–Kier alpha value is -2.55. The smallest absolute Gasteiger partial charge is 0.155 e. The molecular weight excluding hydrogens is 494 g/mol. The summed E-state index contributed by atoms with van der Waals surface area (Å²) in [6.07, 6.45) is 2.55. The zero-order chi connectivity index (χ0) is 23.9. The monoisotopic (exact) mass is 516 g/mol. The van der Waals surface area contributed by atoms with Crippen molar-refractivity contribution in [2.75, 3.05) is 23.6 Å². The number of anilines is 1. The molecule has 3 aromatic rings. The molecule has 9 heteroatoms. The van der Waals surface area contributed by atoms with Gasteiger partial charge in [0.25, 0.3) is 0 Å². The van der Waals surface area contributed by atoms with E-state index in [2.05, 4.69) is 4.72 Å². The lowest BCUT2D eigenvalue weighted by atomic mass is 10.0.